The van der Waals surface area contributed by atoms with Crippen molar-refractivity contribution in [1.82, 2.24) is 19.7 Å². The van der Waals surface area contributed by atoms with Gasteiger partial charge < -0.3 is 4.90 Å². The first kappa shape index (κ1) is 17.5. The molecular weight excluding hydrogens is 329 g/mol. The third-order valence-electron chi connectivity index (χ3n) is 3.29. The van der Waals surface area contributed by atoms with Gasteiger partial charge in [0, 0.05) is 19.0 Å². The fourth-order valence-electron chi connectivity index (χ4n) is 2.19. The lowest BCUT2D eigenvalue weighted by Gasteiger charge is -2.17. The van der Waals surface area contributed by atoms with Crippen molar-refractivity contribution in [3.05, 3.63) is 33.5 Å². The molecule has 0 unspecified atom stereocenters. The van der Waals surface area contributed by atoms with Gasteiger partial charge in [0.05, 0.1) is 29.0 Å². The Morgan fingerprint density at radius 2 is 2.09 bits per heavy atom. The molecule has 0 bridgehead atoms. The summed E-state index contributed by atoms with van der Waals surface area (Å²) < 4.78 is 40.4. The molecule has 0 N–H and O–H groups in total. The minimum absolute atomic E-state index is 0.0395. The molecule has 5 nitrogen and oxygen atoms in total. The molecule has 2 aromatic rings. The zero-order valence-electron chi connectivity index (χ0n) is 13.0. The fourth-order valence-corrected chi connectivity index (χ4v) is 2.92. The van der Waals surface area contributed by atoms with E-state index in [1.165, 1.54) is 23.3 Å². The van der Waals surface area contributed by atoms with Crippen LogP contribution in [0.3, 0.4) is 0 Å². The lowest BCUT2D eigenvalue weighted by atomic mass is 10.2. The smallest absolute Gasteiger partial charge is 0.336 e. The number of aromatic nitrogens is 3. The van der Waals surface area contributed by atoms with Crippen LogP contribution in [0.25, 0.3) is 0 Å². The van der Waals surface area contributed by atoms with Crippen LogP contribution < -0.4 is 0 Å². The molecule has 0 aliphatic heterocycles. The van der Waals surface area contributed by atoms with Crippen molar-refractivity contribution in [2.45, 2.75) is 39.5 Å². The maximum Gasteiger partial charge on any atom is 0.433 e. The van der Waals surface area contributed by atoms with Crippen molar-refractivity contribution in [1.29, 1.82) is 0 Å². The van der Waals surface area contributed by atoms with Crippen LogP contribution in [0.15, 0.2) is 11.6 Å². The summed E-state index contributed by atoms with van der Waals surface area (Å²) >= 11 is 1.47. The van der Waals surface area contributed by atoms with Gasteiger partial charge in [-0.2, -0.15) is 18.3 Å². The molecule has 0 aliphatic rings. The van der Waals surface area contributed by atoms with E-state index in [1.807, 2.05) is 12.3 Å². The van der Waals surface area contributed by atoms with Gasteiger partial charge in [0.15, 0.2) is 5.69 Å². The third-order valence-corrected chi connectivity index (χ3v) is 4.33. The second-order valence-electron chi connectivity index (χ2n) is 4.97. The normalized spacial score (nSPS) is 11.7. The Labute approximate surface area is 135 Å². The van der Waals surface area contributed by atoms with Crippen molar-refractivity contribution >= 4 is 17.2 Å². The second-order valence-corrected chi connectivity index (χ2v) is 5.91. The van der Waals surface area contributed by atoms with E-state index in [2.05, 4.69) is 10.1 Å². The maximum atomic E-state index is 13.2. The molecule has 126 valence electrons. The molecule has 1 amide bonds. The van der Waals surface area contributed by atoms with Crippen molar-refractivity contribution in [2.75, 3.05) is 7.05 Å². The van der Waals surface area contributed by atoms with E-state index >= 15 is 0 Å². The van der Waals surface area contributed by atoms with Crippen LogP contribution in [-0.2, 0) is 25.7 Å². The largest absolute Gasteiger partial charge is 0.433 e. The highest BCUT2D eigenvalue weighted by molar-refractivity contribution is 7.09. The van der Waals surface area contributed by atoms with Crippen molar-refractivity contribution in [3.8, 4) is 0 Å². The van der Waals surface area contributed by atoms with Gasteiger partial charge in [0.2, 0.25) is 0 Å². The molecule has 0 spiro atoms. The third kappa shape index (κ3) is 3.72. The van der Waals surface area contributed by atoms with Gasteiger partial charge in [-0.05, 0) is 13.3 Å². The monoisotopic (exact) mass is 346 g/mol. The topological polar surface area (TPSA) is 51.0 Å². The Kier molecular flexibility index (Phi) is 5.08. The van der Waals surface area contributed by atoms with E-state index in [-0.39, 0.29) is 13.1 Å². The molecule has 23 heavy (non-hydrogen) atoms. The lowest BCUT2D eigenvalue weighted by molar-refractivity contribution is -0.144. The number of halogens is 3. The lowest BCUT2D eigenvalue weighted by Crippen LogP contribution is -2.29. The van der Waals surface area contributed by atoms with Gasteiger partial charge in [-0.25, -0.2) is 4.98 Å². The van der Waals surface area contributed by atoms with E-state index in [0.29, 0.717) is 5.69 Å². The number of aryl methyl sites for hydroxylation is 2. The minimum Gasteiger partial charge on any atom is -0.336 e. The summed E-state index contributed by atoms with van der Waals surface area (Å²) in [6, 6.07) is 0. The summed E-state index contributed by atoms with van der Waals surface area (Å²) in [5.74, 6) is -0.719. The molecular formula is C14H17F3N4OS. The number of alkyl halides is 3. The second kappa shape index (κ2) is 6.69. The van der Waals surface area contributed by atoms with Crippen LogP contribution in [0.5, 0.6) is 0 Å². The maximum absolute atomic E-state index is 13.2. The molecule has 0 atom stereocenters. The Hall–Kier alpha value is -1.90. The first-order chi connectivity index (χ1) is 10.8. The van der Waals surface area contributed by atoms with E-state index in [0.717, 1.165) is 22.3 Å². The number of amides is 1. The van der Waals surface area contributed by atoms with E-state index < -0.39 is 23.3 Å². The zero-order valence-corrected chi connectivity index (χ0v) is 13.8. The van der Waals surface area contributed by atoms with Crippen LogP contribution in [0.4, 0.5) is 13.2 Å². The van der Waals surface area contributed by atoms with Gasteiger partial charge in [0.25, 0.3) is 5.91 Å². The van der Waals surface area contributed by atoms with Crippen LogP contribution in [-0.4, -0.2) is 32.6 Å². The highest BCUT2D eigenvalue weighted by atomic mass is 32.1. The van der Waals surface area contributed by atoms with Crippen LogP contribution in [0, 0.1) is 0 Å². The number of thiazole rings is 1. The minimum atomic E-state index is -4.63. The number of carbonyl (C=O) groups is 1. The molecule has 0 fully saturated rings. The van der Waals surface area contributed by atoms with Gasteiger partial charge in [0.1, 0.15) is 0 Å². The summed E-state index contributed by atoms with van der Waals surface area (Å²) in [6.45, 7) is 3.70. The average molecular weight is 346 g/mol. The molecule has 0 aliphatic carbocycles. The molecule has 0 aromatic carbocycles. The summed E-state index contributed by atoms with van der Waals surface area (Å²) in [5, 5.41) is 6.40. The van der Waals surface area contributed by atoms with Gasteiger partial charge >= 0.3 is 6.18 Å². The number of hydrogen-bond donors (Lipinski definition) is 0. The van der Waals surface area contributed by atoms with Crippen LogP contribution >= 0.6 is 11.3 Å². The van der Waals surface area contributed by atoms with Crippen molar-refractivity contribution < 1.29 is 18.0 Å². The molecule has 0 saturated carbocycles. The molecule has 2 rings (SSSR count). The SMILES string of the molecule is CCc1nc(CN(C)C(=O)c2cnn(CC)c2C(F)(F)F)cs1. The molecule has 2 aromatic heterocycles. The highest BCUT2D eigenvalue weighted by Crippen LogP contribution is 2.32. The Morgan fingerprint density at radius 1 is 1.39 bits per heavy atom. The van der Waals surface area contributed by atoms with E-state index in [4.69, 9.17) is 0 Å². The van der Waals surface area contributed by atoms with Crippen LogP contribution in [0.2, 0.25) is 0 Å². The molecule has 9 heteroatoms. The Morgan fingerprint density at radius 3 is 2.61 bits per heavy atom. The standard InChI is InChI=1S/C14H17F3N4OS/c1-4-11-19-9(8-23-11)7-20(3)13(22)10-6-18-21(5-2)12(10)14(15,16)17/h6,8H,4-5,7H2,1-3H3. The predicted octanol–water partition coefficient (Wildman–Crippen LogP) is 3.21. The average Bonchev–Trinajstić information content (AvgIpc) is 3.11. The Balaban J connectivity index is 2.24. The van der Waals surface area contributed by atoms with E-state index in [9.17, 15) is 18.0 Å². The van der Waals surface area contributed by atoms with Crippen LogP contribution in [0.1, 0.15) is 40.6 Å². The summed E-state index contributed by atoms with van der Waals surface area (Å²) in [5.41, 5.74) is -0.781. The summed E-state index contributed by atoms with van der Waals surface area (Å²) in [6.07, 6.45) is -2.87. The number of rotatable bonds is 5. The summed E-state index contributed by atoms with van der Waals surface area (Å²) in [7, 11) is 1.46. The molecule has 2 heterocycles. The first-order valence-corrected chi connectivity index (χ1v) is 7.97. The fraction of sp³-hybridized carbons (Fsp3) is 0.500. The quantitative estimate of drug-likeness (QED) is 0.835. The van der Waals surface area contributed by atoms with Gasteiger partial charge in [-0.1, -0.05) is 6.92 Å². The molecule has 0 radical (unpaired) electrons. The number of hydrogen-bond acceptors (Lipinski definition) is 4. The van der Waals surface area contributed by atoms with Gasteiger partial charge in [-0.3, -0.25) is 9.48 Å². The zero-order chi connectivity index (χ0) is 17.2. The number of nitrogens with zero attached hydrogens (tertiary/aromatic N) is 4. The number of carbonyl (C=O) groups excluding carboxylic acids is 1. The van der Waals surface area contributed by atoms with E-state index in [1.54, 1.807) is 6.92 Å². The highest BCUT2D eigenvalue weighted by Gasteiger charge is 2.40. The predicted molar refractivity (Wildman–Crippen MR) is 80.2 cm³/mol. The van der Waals surface area contributed by atoms with Crippen molar-refractivity contribution in [2.24, 2.45) is 0 Å². The van der Waals surface area contributed by atoms with Gasteiger partial charge in [-0.15, -0.1) is 11.3 Å². The van der Waals surface area contributed by atoms with Crippen molar-refractivity contribution in [3.63, 3.8) is 0 Å². The Bertz CT molecular complexity index is 692. The first-order valence-electron chi connectivity index (χ1n) is 7.09. The summed E-state index contributed by atoms with van der Waals surface area (Å²) in [4.78, 5) is 17.9. The molecule has 0 saturated heterocycles.